The van der Waals surface area contributed by atoms with Gasteiger partial charge in [-0.1, -0.05) is 17.7 Å². The normalized spacial score (nSPS) is 24.6. The molecule has 0 unspecified atom stereocenters. The fourth-order valence-electron chi connectivity index (χ4n) is 3.93. The molecule has 4 nitrogen and oxygen atoms in total. The van der Waals surface area contributed by atoms with Crippen molar-refractivity contribution in [3.05, 3.63) is 34.4 Å². The van der Waals surface area contributed by atoms with Crippen LogP contribution in [0.4, 0.5) is 0 Å². The molecule has 4 heteroatoms. The molecular formula is C18H23NO3. The molecule has 0 spiro atoms. The van der Waals surface area contributed by atoms with Crippen LogP contribution < -0.4 is 0 Å². The second-order valence-corrected chi connectivity index (χ2v) is 6.93. The van der Waals surface area contributed by atoms with Crippen LogP contribution in [0.3, 0.4) is 0 Å². The summed E-state index contributed by atoms with van der Waals surface area (Å²) in [6.07, 6.45) is 2.22. The quantitative estimate of drug-likeness (QED) is 0.934. The number of carboxylic acids is 1. The molecule has 1 heterocycles. The van der Waals surface area contributed by atoms with E-state index in [0.29, 0.717) is 19.0 Å². The fourth-order valence-corrected chi connectivity index (χ4v) is 3.93. The summed E-state index contributed by atoms with van der Waals surface area (Å²) in [6.45, 7) is 6.87. The second kappa shape index (κ2) is 5.41. The van der Waals surface area contributed by atoms with Crippen molar-refractivity contribution in [1.29, 1.82) is 0 Å². The molecule has 1 N–H and O–H groups in total. The van der Waals surface area contributed by atoms with Crippen molar-refractivity contribution < 1.29 is 14.7 Å². The Bertz CT molecular complexity index is 610. The SMILES string of the molecule is Cc1cc(C)c(C(=O)N2C[C@H](C(=O)O)[C@@H](C3CC3)C2)c(C)c1. The minimum absolute atomic E-state index is 0.00981. The standard InChI is InChI=1S/C18H23NO3/c1-10-6-11(2)16(12(3)7-10)17(20)19-8-14(13-4-5-13)15(9-19)18(21)22/h6-7,13-15H,4-5,8-9H2,1-3H3,(H,21,22)/t14-,15+/m1/s1. The molecule has 1 saturated heterocycles. The van der Waals surface area contributed by atoms with Gasteiger partial charge < -0.3 is 10.0 Å². The number of carboxylic acid groups (broad SMARTS) is 1. The summed E-state index contributed by atoms with van der Waals surface area (Å²) >= 11 is 0. The smallest absolute Gasteiger partial charge is 0.308 e. The van der Waals surface area contributed by atoms with Crippen molar-refractivity contribution in [2.45, 2.75) is 33.6 Å². The highest BCUT2D eigenvalue weighted by Gasteiger charge is 2.47. The van der Waals surface area contributed by atoms with Gasteiger partial charge in [0, 0.05) is 18.7 Å². The molecule has 1 aromatic rings. The monoisotopic (exact) mass is 301 g/mol. The van der Waals surface area contributed by atoms with Crippen molar-refractivity contribution in [1.82, 2.24) is 4.90 Å². The van der Waals surface area contributed by atoms with Gasteiger partial charge in [0.15, 0.2) is 0 Å². The van der Waals surface area contributed by atoms with E-state index in [1.165, 1.54) is 0 Å². The molecule has 1 aromatic carbocycles. The van der Waals surface area contributed by atoms with Crippen LogP contribution in [-0.4, -0.2) is 35.0 Å². The van der Waals surface area contributed by atoms with E-state index in [9.17, 15) is 14.7 Å². The van der Waals surface area contributed by atoms with Gasteiger partial charge >= 0.3 is 5.97 Å². The number of aliphatic carboxylic acids is 1. The first kappa shape index (κ1) is 15.1. The number of hydrogen-bond donors (Lipinski definition) is 1. The van der Waals surface area contributed by atoms with Crippen molar-refractivity contribution in [3.63, 3.8) is 0 Å². The number of benzene rings is 1. The van der Waals surface area contributed by atoms with Crippen LogP contribution in [0.1, 0.15) is 39.9 Å². The van der Waals surface area contributed by atoms with E-state index in [2.05, 4.69) is 0 Å². The molecule has 1 amide bonds. The van der Waals surface area contributed by atoms with Crippen LogP contribution in [0.5, 0.6) is 0 Å². The van der Waals surface area contributed by atoms with Crippen molar-refractivity contribution in [2.75, 3.05) is 13.1 Å². The van der Waals surface area contributed by atoms with Gasteiger partial charge in [0.05, 0.1) is 5.92 Å². The maximum Gasteiger partial charge on any atom is 0.308 e. The van der Waals surface area contributed by atoms with Crippen LogP contribution in [0, 0.1) is 38.5 Å². The maximum absolute atomic E-state index is 12.9. The Balaban J connectivity index is 1.86. The van der Waals surface area contributed by atoms with Crippen LogP contribution >= 0.6 is 0 Å². The fraction of sp³-hybridized carbons (Fsp3) is 0.556. The van der Waals surface area contributed by atoms with E-state index in [0.717, 1.165) is 35.1 Å². The summed E-state index contributed by atoms with van der Waals surface area (Å²) in [6, 6.07) is 4.03. The Hall–Kier alpha value is -1.84. The predicted molar refractivity (Wildman–Crippen MR) is 83.9 cm³/mol. The van der Waals surface area contributed by atoms with Gasteiger partial charge in [0.25, 0.3) is 5.91 Å². The summed E-state index contributed by atoms with van der Waals surface area (Å²) in [5.74, 6) is -0.539. The molecule has 22 heavy (non-hydrogen) atoms. The van der Waals surface area contributed by atoms with Gasteiger partial charge in [-0.05, 0) is 56.6 Å². The molecule has 0 bridgehead atoms. The predicted octanol–water partition coefficient (Wildman–Crippen LogP) is 2.79. The number of aryl methyl sites for hydroxylation is 3. The van der Waals surface area contributed by atoms with Crippen molar-refractivity contribution in [3.8, 4) is 0 Å². The van der Waals surface area contributed by atoms with Crippen LogP contribution in [0.2, 0.25) is 0 Å². The summed E-state index contributed by atoms with van der Waals surface area (Å²) in [7, 11) is 0. The van der Waals surface area contributed by atoms with E-state index in [1.54, 1.807) is 4.90 Å². The number of rotatable bonds is 3. The molecule has 118 valence electrons. The third kappa shape index (κ3) is 2.62. The van der Waals surface area contributed by atoms with Gasteiger partial charge in [0.2, 0.25) is 0 Å². The van der Waals surface area contributed by atoms with Crippen LogP contribution in [0.25, 0.3) is 0 Å². The largest absolute Gasteiger partial charge is 0.481 e. The lowest BCUT2D eigenvalue weighted by atomic mass is 9.92. The van der Waals surface area contributed by atoms with Gasteiger partial charge in [-0.3, -0.25) is 9.59 Å². The first-order valence-electron chi connectivity index (χ1n) is 7.98. The van der Waals surface area contributed by atoms with E-state index < -0.39 is 11.9 Å². The Morgan fingerprint density at radius 1 is 1.09 bits per heavy atom. The third-order valence-electron chi connectivity index (χ3n) is 5.09. The lowest BCUT2D eigenvalue weighted by molar-refractivity contribution is -0.142. The Morgan fingerprint density at radius 2 is 1.68 bits per heavy atom. The number of amides is 1. The highest BCUT2D eigenvalue weighted by Crippen LogP contribution is 2.44. The Morgan fingerprint density at radius 3 is 2.18 bits per heavy atom. The number of hydrogen-bond acceptors (Lipinski definition) is 2. The second-order valence-electron chi connectivity index (χ2n) is 6.93. The number of likely N-dealkylation sites (tertiary alicyclic amines) is 1. The van der Waals surface area contributed by atoms with Gasteiger partial charge in [-0.15, -0.1) is 0 Å². The van der Waals surface area contributed by atoms with Gasteiger partial charge in [0.1, 0.15) is 0 Å². The highest BCUT2D eigenvalue weighted by molar-refractivity contribution is 5.97. The molecule has 1 saturated carbocycles. The summed E-state index contributed by atoms with van der Waals surface area (Å²) < 4.78 is 0. The molecule has 2 atom stereocenters. The molecule has 1 aliphatic carbocycles. The Labute approximate surface area is 131 Å². The first-order valence-corrected chi connectivity index (χ1v) is 7.98. The average molecular weight is 301 g/mol. The van der Waals surface area contributed by atoms with E-state index >= 15 is 0 Å². The maximum atomic E-state index is 12.9. The lowest BCUT2D eigenvalue weighted by Crippen LogP contribution is -2.31. The van der Waals surface area contributed by atoms with Gasteiger partial charge in [-0.25, -0.2) is 0 Å². The summed E-state index contributed by atoms with van der Waals surface area (Å²) in [4.78, 5) is 26.1. The zero-order chi connectivity index (χ0) is 16.0. The topological polar surface area (TPSA) is 57.6 Å². The van der Waals surface area contributed by atoms with E-state index in [-0.39, 0.29) is 11.8 Å². The number of nitrogens with zero attached hydrogens (tertiary/aromatic N) is 1. The molecule has 1 aliphatic heterocycles. The van der Waals surface area contributed by atoms with Crippen LogP contribution in [-0.2, 0) is 4.79 Å². The van der Waals surface area contributed by atoms with E-state index in [4.69, 9.17) is 0 Å². The third-order valence-corrected chi connectivity index (χ3v) is 5.09. The minimum Gasteiger partial charge on any atom is -0.481 e. The van der Waals surface area contributed by atoms with E-state index in [1.807, 2.05) is 32.9 Å². The minimum atomic E-state index is -0.760. The van der Waals surface area contributed by atoms with Crippen molar-refractivity contribution in [2.24, 2.45) is 17.8 Å². The highest BCUT2D eigenvalue weighted by atomic mass is 16.4. The molecule has 2 fully saturated rings. The summed E-state index contributed by atoms with van der Waals surface area (Å²) in [5.41, 5.74) is 3.84. The number of carbonyl (C=O) groups is 2. The van der Waals surface area contributed by atoms with Gasteiger partial charge in [-0.2, -0.15) is 0 Å². The lowest BCUT2D eigenvalue weighted by Gasteiger charge is -2.19. The van der Waals surface area contributed by atoms with Crippen molar-refractivity contribution >= 4 is 11.9 Å². The zero-order valence-electron chi connectivity index (χ0n) is 13.4. The molecule has 2 aliphatic rings. The zero-order valence-corrected chi connectivity index (χ0v) is 13.4. The first-order chi connectivity index (χ1) is 10.4. The summed E-state index contributed by atoms with van der Waals surface area (Å²) in [5, 5.41) is 9.44. The number of carbonyl (C=O) groups excluding carboxylic acids is 1. The molecule has 3 rings (SSSR count). The van der Waals surface area contributed by atoms with Crippen LogP contribution in [0.15, 0.2) is 12.1 Å². The molecule has 0 radical (unpaired) electrons. The average Bonchev–Trinajstić information content (AvgIpc) is 3.15. The Kier molecular flexibility index (Phi) is 3.71. The molecular weight excluding hydrogens is 278 g/mol. The molecule has 0 aromatic heterocycles.